The van der Waals surface area contributed by atoms with Crippen LogP contribution in [0.4, 0.5) is 0 Å². The zero-order valence-electron chi connectivity index (χ0n) is 6.62. The van der Waals surface area contributed by atoms with Crippen LogP contribution in [0.15, 0.2) is 10.9 Å². The van der Waals surface area contributed by atoms with Gasteiger partial charge in [-0.15, -0.1) is 0 Å². The molecule has 0 saturated carbocycles. The average molecular weight is 239 g/mol. The second kappa shape index (κ2) is 5.24. The van der Waals surface area contributed by atoms with E-state index in [4.69, 9.17) is 34.8 Å². The summed E-state index contributed by atoms with van der Waals surface area (Å²) in [7, 11) is 0. The number of hydrogen-bond donors (Lipinski definition) is 1. The molecule has 11 heavy (non-hydrogen) atoms. The largest absolute Gasteiger partial charge is 1.00 e. The van der Waals surface area contributed by atoms with Crippen molar-refractivity contribution >= 4 is 34.8 Å². The molecule has 0 amide bonds. The molecule has 0 fully saturated rings. The van der Waals surface area contributed by atoms with Gasteiger partial charge in [0.2, 0.25) is 0 Å². The number of pyridine rings is 1. The molecule has 0 aromatic carbocycles. The number of nitrogens with one attached hydrogen (secondary N) is 1. The van der Waals surface area contributed by atoms with Gasteiger partial charge in [-0.25, -0.2) is 0 Å². The fraction of sp³-hybridized carbons (Fsp3) is 0. The Morgan fingerprint density at radius 3 is 2.27 bits per heavy atom. The Balaban J connectivity index is 0. The van der Waals surface area contributed by atoms with Crippen molar-refractivity contribution < 1.29 is 52.8 Å². The Kier molecular flexibility index (Phi) is 5.94. The van der Waals surface area contributed by atoms with Gasteiger partial charge in [0.15, 0.2) is 0 Å². The summed E-state index contributed by atoms with van der Waals surface area (Å²) in [5, 5.41) is 0.386. The minimum Gasteiger partial charge on any atom is -1.00 e. The molecule has 1 N–H and O–H groups in total. The summed E-state index contributed by atoms with van der Waals surface area (Å²) in [4.78, 5) is 12.9. The van der Waals surface area contributed by atoms with E-state index in [0.29, 0.717) is 0 Å². The predicted molar refractivity (Wildman–Crippen MR) is 43.2 cm³/mol. The van der Waals surface area contributed by atoms with Gasteiger partial charge in [-0.2, -0.15) is 0 Å². The maximum atomic E-state index is 10.7. The van der Waals surface area contributed by atoms with Crippen molar-refractivity contribution in [2.45, 2.75) is 0 Å². The number of aromatic amines is 1. The van der Waals surface area contributed by atoms with E-state index in [9.17, 15) is 4.79 Å². The fourth-order valence-corrected chi connectivity index (χ4v) is 0.968. The van der Waals surface area contributed by atoms with Gasteiger partial charge in [0.25, 0.3) is 5.56 Å². The minimum absolute atomic E-state index is 0. The van der Waals surface area contributed by atoms with Gasteiger partial charge in [0.1, 0.15) is 10.2 Å². The van der Waals surface area contributed by atoms with Crippen molar-refractivity contribution in [3.63, 3.8) is 0 Å². The molecule has 56 valence electrons. The topological polar surface area (TPSA) is 32.9 Å². The van der Waals surface area contributed by atoms with E-state index in [1.807, 2.05) is 0 Å². The third kappa shape index (κ3) is 3.36. The third-order valence-corrected chi connectivity index (χ3v) is 1.88. The van der Waals surface area contributed by atoms with Crippen LogP contribution in [0.5, 0.6) is 0 Å². The molecule has 0 radical (unpaired) electrons. The first-order chi connectivity index (χ1) is 4.61. The van der Waals surface area contributed by atoms with Crippen LogP contribution < -0.4 is 56.9 Å². The number of hydrogen-bond acceptors (Lipinski definition) is 1. The van der Waals surface area contributed by atoms with Gasteiger partial charge in [-0.1, -0.05) is 34.8 Å². The Hall–Kier alpha value is 1.46. The van der Waals surface area contributed by atoms with Gasteiger partial charge < -0.3 is 6.41 Å². The average Bonchev–Trinajstić information content (AvgIpc) is 1.84. The Bertz CT molecular complexity index is 316. The van der Waals surface area contributed by atoms with E-state index in [1.54, 1.807) is 0 Å². The van der Waals surface area contributed by atoms with E-state index in [2.05, 4.69) is 4.98 Å². The van der Waals surface area contributed by atoms with E-state index < -0.39 is 5.56 Å². The normalized spacial score (nSPS) is 9.00. The maximum absolute atomic E-state index is 10.7. The van der Waals surface area contributed by atoms with Gasteiger partial charge in [-0.3, -0.25) is 4.79 Å². The molecule has 0 atom stereocenters. The zero-order chi connectivity index (χ0) is 7.72. The number of aromatic nitrogens is 1. The molecule has 0 unspecified atom stereocenters. The van der Waals surface area contributed by atoms with Crippen LogP contribution in [0.1, 0.15) is 1.43 Å². The first-order valence-electron chi connectivity index (χ1n) is 2.35. The van der Waals surface area contributed by atoms with Crippen LogP contribution in [0.3, 0.4) is 0 Å². The fourth-order valence-electron chi connectivity index (χ4n) is 0.459. The molecule has 1 aromatic rings. The second-order valence-corrected chi connectivity index (χ2v) is 2.80. The van der Waals surface area contributed by atoms with Crippen LogP contribution in [0.2, 0.25) is 15.2 Å². The molecule has 1 aromatic heterocycles. The van der Waals surface area contributed by atoms with E-state index >= 15 is 0 Å². The quantitative estimate of drug-likeness (QED) is 0.478. The first kappa shape index (κ1) is 12.5. The number of halogens is 3. The summed E-state index contributed by atoms with van der Waals surface area (Å²) in [5.74, 6) is 0. The molecule has 6 heteroatoms. The standard InChI is InChI=1S/C5H2Cl3NO.K.H/c6-2-1-3(7)5(10)9-4(2)8;;/h1H,(H,9,10);;/q;+1;-1. The monoisotopic (exact) mass is 237 g/mol. The molecular weight excluding hydrogens is 236 g/mol. The van der Waals surface area contributed by atoms with Gasteiger partial charge in [-0.05, 0) is 6.07 Å². The van der Waals surface area contributed by atoms with Crippen molar-refractivity contribution in [3.05, 3.63) is 31.6 Å². The van der Waals surface area contributed by atoms with Crippen LogP contribution in [0.25, 0.3) is 0 Å². The predicted octanol–water partition coefficient (Wildman–Crippen LogP) is -0.548. The molecule has 0 aliphatic heterocycles. The molecule has 0 bridgehead atoms. The van der Waals surface area contributed by atoms with Gasteiger partial charge in [0, 0.05) is 0 Å². The maximum Gasteiger partial charge on any atom is 1.00 e. The van der Waals surface area contributed by atoms with Gasteiger partial charge >= 0.3 is 51.4 Å². The molecule has 0 saturated heterocycles. The van der Waals surface area contributed by atoms with Crippen LogP contribution in [0, 0.1) is 0 Å². The van der Waals surface area contributed by atoms with Crippen LogP contribution in [-0.2, 0) is 0 Å². The Morgan fingerprint density at radius 1 is 1.27 bits per heavy atom. The molecule has 0 spiro atoms. The van der Waals surface area contributed by atoms with Crippen molar-refractivity contribution in [1.82, 2.24) is 4.98 Å². The molecule has 0 aliphatic carbocycles. The van der Waals surface area contributed by atoms with Crippen molar-refractivity contribution in [1.29, 1.82) is 0 Å². The third-order valence-electron chi connectivity index (χ3n) is 0.903. The number of H-pyrrole nitrogens is 1. The summed E-state index contributed by atoms with van der Waals surface area (Å²) in [5.41, 5.74) is -0.434. The molecule has 0 aliphatic rings. The molecule has 2 nitrogen and oxygen atoms in total. The number of rotatable bonds is 0. The second-order valence-electron chi connectivity index (χ2n) is 1.61. The van der Waals surface area contributed by atoms with Crippen LogP contribution in [-0.4, -0.2) is 4.98 Å². The molecule has 1 rings (SSSR count). The molecular formula is C5H3Cl3KNO. The Morgan fingerprint density at radius 2 is 1.82 bits per heavy atom. The molecule has 1 heterocycles. The van der Waals surface area contributed by atoms with E-state index in [1.165, 1.54) is 6.07 Å². The summed E-state index contributed by atoms with van der Waals surface area (Å²) in [6.07, 6.45) is 0. The van der Waals surface area contributed by atoms with Crippen molar-refractivity contribution in [2.75, 3.05) is 0 Å². The summed E-state index contributed by atoms with van der Waals surface area (Å²) < 4.78 is 0. The minimum atomic E-state index is -0.434. The van der Waals surface area contributed by atoms with Crippen molar-refractivity contribution in [3.8, 4) is 0 Å². The van der Waals surface area contributed by atoms with Gasteiger partial charge in [0.05, 0.1) is 5.02 Å². The first-order valence-corrected chi connectivity index (χ1v) is 3.48. The zero-order valence-corrected chi connectivity index (χ0v) is 11.0. The summed E-state index contributed by atoms with van der Waals surface area (Å²) >= 11 is 16.3. The smallest absolute Gasteiger partial charge is 1.00 e. The SMILES string of the molecule is O=c1[nH]c(Cl)c(Cl)cc1Cl.[H-].[K+]. The Labute approximate surface area is 122 Å². The summed E-state index contributed by atoms with van der Waals surface area (Å²) in [6.45, 7) is 0. The van der Waals surface area contributed by atoms with Crippen molar-refractivity contribution in [2.24, 2.45) is 0 Å². The van der Waals surface area contributed by atoms with Crippen LogP contribution >= 0.6 is 34.8 Å². The summed E-state index contributed by atoms with van der Waals surface area (Å²) in [6, 6.07) is 1.30. The van der Waals surface area contributed by atoms with E-state index in [0.717, 1.165) is 0 Å². The van der Waals surface area contributed by atoms with E-state index in [-0.39, 0.29) is 68.0 Å².